The fourth-order valence-electron chi connectivity index (χ4n) is 2.41. The normalized spacial score (nSPS) is 25.4. The maximum atomic E-state index is 11.6. The van der Waals surface area contributed by atoms with Gasteiger partial charge in [0.1, 0.15) is 6.04 Å². The zero-order chi connectivity index (χ0) is 12.1. The summed E-state index contributed by atoms with van der Waals surface area (Å²) in [6.07, 6.45) is 2.60. The van der Waals surface area contributed by atoms with Gasteiger partial charge in [0.2, 0.25) is 0 Å². The SMILES string of the molecule is CCOC(=O)C(C)N1CCCC1CC(C)O. The second-order valence-electron chi connectivity index (χ2n) is 4.55. The molecule has 1 aliphatic heterocycles. The summed E-state index contributed by atoms with van der Waals surface area (Å²) in [7, 11) is 0. The van der Waals surface area contributed by atoms with Gasteiger partial charge in [-0.25, -0.2) is 0 Å². The molecule has 0 saturated carbocycles. The van der Waals surface area contributed by atoms with E-state index in [1.54, 1.807) is 6.92 Å². The Bertz CT molecular complexity index is 230. The van der Waals surface area contributed by atoms with Crippen LogP contribution in [-0.4, -0.2) is 47.3 Å². The van der Waals surface area contributed by atoms with Crippen molar-refractivity contribution in [3.8, 4) is 0 Å². The van der Waals surface area contributed by atoms with Crippen molar-refractivity contribution in [1.82, 2.24) is 4.90 Å². The molecule has 0 aromatic heterocycles. The third kappa shape index (κ3) is 3.46. The summed E-state index contributed by atoms with van der Waals surface area (Å²) in [6.45, 7) is 6.86. The van der Waals surface area contributed by atoms with E-state index in [4.69, 9.17) is 4.74 Å². The van der Waals surface area contributed by atoms with Gasteiger partial charge in [0.05, 0.1) is 12.7 Å². The smallest absolute Gasteiger partial charge is 0.323 e. The number of ether oxygens (including phenoxy) is 1. The number of esters is 1. The van der Waals surface area contributed by atoms with E-state index in [0.717, 1.165) is 25.8 Å². The van der Waals surface area contributed by atoms with Crippen molar-refractivity contribution in [2.24, 2.45) is 0 Å². The Morgan fingerprint density at radius 3 is 2.81 bits per heavy atom. The molecule has 0 amide bonds. The molecule has 94 valence electrons. The van der Waals surface area contributed by atoms with E-state index in [9.17, 15) is 9.90 Å². The van der Waals surface area contributed by atoms with Crippen molar-refractivity contribution < 1.29 is 14.6 Å². The topological polar surface area (TPSA) is 49.8 Å². The molecular weight excluding hydrogens is 206 g/mol. The van der Waals surface area contributed by atoms with Crippen molar-refractivity contribution in [2.75, 3.05) is 13.2 Å². The van der Waals surface area contributed by atoms with Gasteiger partial charge >= 0.3 is 5.97 Å². The molecule has 4 heteroatoms. The second-order valence-corrected chi connectivity index (χ2v) is 4.55. The quantitative estimate of drug-likeness (QED) is 0.719. The molecule has 4 nitrogen and oxygen atoms in total. The summed E-state index contributed by atoms with van der Waals surface area (Å²) in [5, 5.41) is 9.41. The van der Waals surface area contributed by atoms with Crippen molar-refractivity contribution >= 4 is 5.97 Å². The minimum Gasteiger partial charge on any atom is -0.465 e. The first-order chi connectivity index (χ1) is 7.56. The van der Waals surface area contributed by atoms with Crippen LogP contribution in [-0.2, 0) is 9.53 Å². The van der Waals surface area contributed by atoms with Crippen molar-refractivity contribution in [2.45, 2.75) is 58.2 Å². The summed E-state index contributed by atoms with van der Waals surface area (Å²) in [5.41, 5.74) is 0. The molecule has 0 radical (unpaired) electrons. The largest absolute Gasteiger partial charge is 0.465 e. The van der Waals surface area contributed by atoms with Crippen LogP contribution in [0.15, 0.2) is 0 Å². The van der Waals surface area contributed by atoms with Gasteiger partial charge in [-0.3, -0.25) is 9.69 Å². The minimum atomic E-state index is -0.306. The maximum absolute atomic E-state index is 11.6. The van der Waals surface area contributed by atoms with Gasteiger partial charge in [-0.2, -0.15) is 0 Å². The van der Waals surface area contributed by atoms with Gasteiger partial charge in [-0.1, -0.05) is 0 Å². The lowest BCUT2D eigenvalue weighted by atomic mass is 10.1. The second kappa shape index (κ2) is 6.21. The highest BCUT2D eigenvalue weighted by Gasteiger charge is 2.33. The van der Waals surface area contributed by atoms with Gasteiger partial charge in [0.25, 0.3) is 0 Å². The van der Waals surface area contributed by atoms with Gasteiger partial charge in [-0.05, 0) is 46.6 Å². The van der Waals surface area contributed by atoms with E-state index in [-0.39, 0.29) is 18.1 Å². The highest BCUT2D eigenvalue weighted by Crippen LogP contribution is 2.24. The van der Waals surface area contributed by atoms with Gasteiger partial charge < -0.3 is 9.84 Å². The summed E-state index contributed by atoms with van der Waals surface area (Å²) >= 11 is 0. The zero-order valence-electron chi connectivity index (χ0n) is 10.5. The predicted octanol–water partition coefficient (Wildman–Crippen LogP) is 1.17. The number of hydrogen-bond acceptors (Lipinski definition) is 4. The van der Waals surface area contributed by atoms with Crippen LogP contribution in [0.4, 0.5) is 0 Å². The van der Waals surface area contributed by atoms with Crippen LogP contribution < -0.4 is 0 Å². The lowest BCUT2D eigenvalue weighted by Gasteiger charge is -2.29. The Morgan fingerprint density at radius 1 is 1.56 bits per heavy atom. The third-order valence-electron chi connectivity index (χ3n) is 3.16. The van der Waals surface area contributed by atoms with Crippen LogP contribution in [0.1, 0.15) is 40.0 Å². The van der Waals surface area contributed by atoms with Gasteiger partial charge in [0, 0.05) is 6.04 Å². The van der Waals surface area contributed by atoms with Crippen LogP contribution in [0, 0.1) is 0 Å². The molecule has 1 heterocycles. The third-order valence-corrected chi connectivity index (χ3v) is 3.16. The Labute approximate surface area is 97.6 Å². The van der Waals surface area contributed by atoms with E-state index in [0.29, 0.717) is 12.6 Å². The van der Waals surface area contributed by atoms with E-state index in [1.165, 1.54) is 0 Å². The minimum absolute atomic E-state index is 0.153. The first-order valence-corrected chi connectivity index (χ1v) is 6.16. The molecule has 1 fully saturated rings. The van der Waals surface area contributed by atoms with Crippen molar-refractivity contribution in [3.63, 3.8) is 0 Å². The number of rotatable bonds is 5. The molecule has 0 bridgehead atoms. The highest BCUT2D eigenvalue weighted by atomic mass is 16.5. The molecule has 1 rings (SSSR count). The van der Waals surface area contributed by atoms with Crippen LogP contribution in [0.2, 0.25) is 0 Å². The van der Waals surface area contributed by atoms with E-state index in [1.807, 2.05) is 13.8 Å². The molecule has 3 atom stereocenters. The fraction of sp³-hybridized carbons (Fsp3) is 0.917. The highest BCUT2D eigenvalue weighted by molar-refractivity contribution is 5.75. The number of carbonyl (C=O) groups excluding carboxylic acids is 1. The molecule has 1 saturated heterocycles. The number of aliphatic hydroxyl groups excluding tert-OH is 1. The van der Waals surface area contributed by atoms with Crippen molar-refractivity contribution in [1.29, 1.82) is 0 Å². The average Bonchev–Trinajstić information content (AvgIpc) is 2.64. The Morgan fingerprint density at radius 2 is 2.25 bits per heavy atom. The lowest BCUT2D eigenvalue weighted by Crippen LogP contribution is -2.43. The molecule has 16 heavy (non-hydrogen) atoms. The van der Waals surface area contributed by atoms with E-state index >= 15 is 0 Å². The Hall–Kier alpha value is -0.610. The maximum Gasteiger partial charge on any atom is 0.323 e. The Kier molecular flexibility index (Phi) is 5.22. The van der Waals surface area contributed by atoms with Gasteiger partial charge in [0.15, 0.2) is 0 Å². The number of hydrogen-bond donors (Lipinski definition) is 1. The molecule has 1 N–H and O–H groups in total. The molecule has 0 aromatic carbocycles. The first-order valence-electron chi connectivity index (χ1n) is 6.16. The number of likely N-dealkylation sites (tertiary alicyclic amines) is 1. The van der Waals surface area contributed by atoms with Crippen molar-refractivity contribution in [3.05, 3.63) is 0 Å². The summed E-state index contributed by atoms with van der Waals surface area (Å²) in [5.74, 6) is -0.153. The molecule has 1 aliphatic rings. The van der Waals surface area contributed by atoms with E-state index in [2.05, 4.69) is 4.90 Å². The van der Waals surface area contributed by atoms with Crippen LogP contribution in [0.25, 0.3) is 0 Å². The number of carbonyl (C=O) groups is 1. The van der Waals surface area contributed by atoms with Crippen LogP contribution >= 0.6 is 0 Å². The molecule has 0 aromatic rings. The summed E-state index contributed by atoms with van der Waals surface area (Å²) in [6, 6.07) is 0.130. The van der Waals surface area contributed by atoms with E-state index < -0.39 is 0 Å². The molecular formula is C12H23NO3. The standard InChI is InChI=1S/C12H23NO3/c1-4-16-12(15)10(3)13-7-5-6-11(13)8-9(2)14/h9-11,14H,4-8H2,1-3H3. The summed E-state index contributed by atoms with van der Waals surface area (Å²) < 4.78 is 5.03. The zero-order valence-corrected chi connectivity index (χ0v) is 10.5. The number of aliphatic hydroxyl groups is 1. The molecule has 0 spiro atoms. The number of nitrogens with zero attached hydrogens (tertiary/aromatic N) is 1. The van der Waals surface area contributed by atoms with Crippen LogP contribution in [0.5, 0.6) is 0 Å². The Balaban J connectivity index is 2.53. The molecule has 3 unspecified atom stereocenters. The monoisotopic (exact) mass is 229 g/mol. The predicted molar refractivity (Wildman–Crippen MR) is 62.1 cm³/mol. The summed E-state index contributed by atoms with van der Waals surface area (Å²) in [4.78, 5) is 13.8. The van der Waals surface area contributed by atoms with Crippen LogP contribution in [0.3, 0.4) is 0 Å². The first kappa shape index (κ1) is 13.5. The molecule has 0 aliphatic carbocycles. The lowest BCUT2D eigenvalue weighted by molar-refractivity contribution is -0.149. The van der Waals surface area contributed by atoms with Gasteiger partial charge in [-0.15, -0.1) is 0 Å². The fourth-order valence-corrected chi connectivity index (χ4v) is 2.41. The average molecular weight is 229 g/mol.